The van der Waals surface area contributed by atoms with Gasteiger partial charge in [0.25, 0.3) is 0 Å². The minimum Gasteiger partial charge on any atom is -0.308 e. The van der Waals surface area contributed by atoms with Crippen LogP contribution in [0, 0.1) is 0 Å². The number of piperazine rings is 1. The molecule has 0 aliphatic carbocycles. The van der Waals surface area contributed by atoms with Crippen LogP contribution in [0.15, 0.2) is 0 Å². The molecule has 0 saturated carbocycles. The maximum atomic E-state index is 11.7. The summed E-state index contributed by atoms with van der Waals surface area (Å²) in [6, 6.07) is 0. The smallest absolute Gasteiger partial charge is 0.151 e. The third kappa shape index (κ3) is 4.17. The van der Waals surface area contributed by atoms with Crippen molar-refractivity contribution in [1.82, 2.24) is 10.2 Å². The fourth-order valence-corrected chi connectivity index (χ4v) is 3.44. The normalized spacial score (nSPS) is 23.4. The van der Waals surface area contributed by atoms with Crippen LogP contribution in [-0.2, 0) is 9.84 Å². The summed E-state index contributed by atoms with van der Waals surface area (Å²) in [7, 11) is -2.88. The Morgan fingerprint density at radius 2 is 1.74 bits per heavy atom. The van der Waals surface area contributed by atoms with Crippen molar-refractivity contribution in [2.24, 2.45) is 0 Å². The lowest BCUT2D eigenvalue weighted by Crippen LogP contribution is -2.68. The molecule has 0 atom stereocenters. The second-order valence-corrected chi connectivity index (χ2v) is 8.78. The molecule has 1 aliphatic heterocycles. The number of hydrogen-bond acceptors (Lipinski definition) is 4. The van der Waals surface area contributed by atoms with Crippen molar-refractivity contribution in [2.75, 3.05) is 31.1 Å². The van der Waals surface area contributed by atoms with Crippen LogP contribution in [0.2, 0.25) is 0 Å². The predicted octanol–water partition coefficient (Wildman–Crippen LogP) is 1.66. The second kappa shape index (κ2) is 6.10. The zero-order chi connectivity index (χ0) is 14.7. The predicted molar refractivity (Wildman–Crippen MR) is 81.3 cm³/mol. The zero-order valence-corrected chi connectivity index (χ0v) is 13.9. The van der Waals surface area contributed by atoms with Crippen molar-refractivity contribution in [3.63, 3.8) is 0 Å². The third-order valence-corrected chi connectivity index (χ3v) is 6.40. The highest BCUT2D eigenvalue weighted by atomic mass is 32.2. The van der Waals surface area contributed by atoms with Gasteiger partial charge in [0.1, 0.15) is 0 Å². The Kier molecular flexibility index (Phi) is 5.43. The Morgan fingerprint density at radius 3 is 2.21 bits per heavy atom. The Bertz CT molecular complexity index is 386. The Labute approximate surface area is 118 Å². The van der Waals surface area contributed by atoms with E-state index in [1.807, 2.05) is 0 Å². The minimum atomic E-state index is -2.88. The molecule has 1 rings (SSSR count). The molecule has 4 nitrogen and oxygen atoms in total. The Morgan fingerprint density at radius 1 is 1.16 bits per heavy atom. The van der Waals surface area contributed by atoms with Crippen molar-refractivity contribution in [3.8, 4) is 0 Å². The summed E-state index contributed by atoms with van der Waals surface area (Å²) in [5, 5.41) is 3.67. The average molecular weight is 290 g/mol. The van der Waals surface area contributed by atoms with Gasteiger partial charge >= 0.3 is 0 Å². The van der Waals surface area contributed by atoms with E-state index in [1.54, 1.807) is 6.92 Å². The van der Waals surface area contributed by atoms with Gasteiger partial charge in [-0.25, -0.2) is 8.42 Å². The van der Waals surface area contributed by atoms with Crippen molar-refractivity contribution >= 4 is 9.84 Å². The van der Waals surface area contributed by atoms with E-state index < -0.39 is 9.84 Å². The summed E-state index contributed by atoms with van der Waals surface area (Å²) in [4.78, 5) is 2.35. The lowest BCUT2D eigenvalue weighted by Gasteiger charge is -2.52. The van der Waals surface area contributed by atoms with E-state index in [2.05, 4.69) is 37.9 Å². The van der Waals surface area contributed by atoms with Gasteiger partial charge in [0.2, 0.25) is 0 Å². The van der Waals surface area contributed by atoms with Crippen molar-refractivity contribution in [1.29, 1.82) is 0 Å². The summed E-state index contributed by atoms with van der Waals surface area (Å²) < 4.78 is 23.4. The summed E-state index contributed by atoms with van der Waals surface area (Å²) in [6.45, 7) is 13.0. The van der Waals surface area contributed by atoms with Crippen LogP contribution < -0.4 is 5.32 Å². The first-order valence-electron chi connectivity index (χ1n) is 7.41. The molecule has 0 radical (unpaired) electrons. The number of sulfone groups is 1. The zero-order valence-electron chi connectivity index (χ0n) is 13.1. The maximum absolute atomic E-state index is 11.7. The molecule has 1 saturated heterocycles. The van der Waals surface area contributed by atoms with Crippen molar-refractivity contribution in [3.05, 3.63) is 0 Å². The molecule has 1 fully saturated rings. The monoisotopic (exact) mass is 290 g/mol. The largest absolute Gasteiger partial charge is 0.308 e. The van der Waals surface area contributed by atoms with E-state index in [0.29, 0.717) is 6.54 Å². The molecule has 5 heteroatoms. The van der Waals surface area contributed by atoms with Gasteiger partial charge in [-0.1, -0.05) is 20.8 Å². The highest BCUT2D eigenvalue weighted by Crippen LogP contribution is 2.27. The molecule has 0 aromatic heterocycles. The maximum Gasteiger partial charge on any atom is 0.151 e. The molecule has 0 unspecified atom stereocenters. The topological polar surface area (TPSA) is 49.4 Å². The molecule has 19 heavy (non-hydrogen) atoms. The number of rotatable bonds is 6. The molecule has 1 aliphatic rings. The average Bonchev–Trinajstić information content (AvgIpc) is 2.38. The second-order valence-electron chi connectivity index (χ2n) is 6.31. The van der Waals surface area contributed by atoms with Crippen LogP contribution in [0.5, 0.6) is 0 Å². The van der Waals surface area contributed by atoms with E-state index in [-0.39, 0.29) is 22.6 Å². The molecule has 0 aromatic rings. The minimum absolute atomic E-state index is 0.0249. The van der Waals surface area contributed by atoms with Gasteiger partial charge in [-0.2, -0.15) is 0 Å². The van der Waals surface area contributed by atoms with Crippen molar-refractivity contribution < 1.29 is 8.42 Å². The lowest BCUT2D eigenvalue weighted by molar-refractivity contribution is 0.0276. The highest BCUT2D eigenvalue weighted by molar-refractivity contribution is 7.91. The van der Waals surface area contributed by atoms with Crippen molar-refractivity contribution in [2.45, 2.75) is 58.5 Å². The van der Waals surface area contributed by atoms with E-state index >= 15 is 0 Å². The molecule has 0 amide bonds. The Hall–Kier alpha value is -0.130. The first kappa shape index (κ1) is 16.9. The quantitative estimate of drug-likeness (QED) is 0.808. The molecule has 0 aromatic carbocycles. The van der Waals surface area contributed by atoms with Crippen LogP contribution in [-0.4, -0.2) is 55.5 Å². The summed E-state index contributed by atoms with van der Waals surface area (Å²) in [6.07, 6.45) is 2.16. The molecule has 0 spiro atoms. The van der Waals surface area contributed by atoms with Crippen LogP contribution in [0.4, 0.5) is 0 Å². The van der Waals surface area contributed by atoms with E-state index in [4.69, 9.17) is 0 Å². The van der Waals surface area contributed by atoms with Crippen LogP contribution in [0.1, 0.15) is 47.5 Å². The van der Waals surface area contributed by atoms with E-state index in [1.165, 1.54) is 0 Å². The number of nitrogens with one attached hydrogen (secondary N) is 1. The fraction of sp³-hybridized carbons (Fsp3) is 1.00. The van der Waals surface area contributed by atoms with Gasteiger partial charge in [-0.3, -0.25) is 4.90 Å². The first-order valence-corrected chi connectivity index (χ1v) is 9.23. The van der Waals surface area contributed by atoms with Gasteiger partial charge < -0.3 is 5.32 Å². The van der Waals surface area contributed by atoms with Gasteiger partial charge in [-0.05, 0) is 26.7 Å². The van der Waals surface area contributed by atoms with Gasteiger partial charge in [0.05, 0.1) is 5.75 Å². The summed E-state index contributed by atoms with van der Waals surface area (Å²) in [5.74, 6) is 0.517. The lowest BCUT2D eigenvalue weighted by atomic mass is 9.85. The van der Waals surface area contributed by atoms with Gasteiger partial charge in [-0.15, -0.1) is 0 Å². The van der Waals surface area contributed by atoms with Crippen LogP contribution in [0.25, 0.3) is 0 Å². The summed E-state index contributed by atoms with van der Waals surface area (Å²) >= 11 is 0. The molecular formula is C14H30N2O2S. The van der Waals surface area contributed by atoms with Gasteiger partial charge in [0.15, 0.2) is 9.84 Å². The van der Waals surface area contributed by atoms with Crippen LogP contribution >= 0.6 is 0 Å². The van der Waals surface area contributed by atoms with Gasteiger partial charge in [0, 0.05) is 36.5 Å². The molecular weight excluding hydrogens is 260 g/mol. The number of hydrogen-bond donors (Lipinski definition) is 1. The SMILES string of the molecule is CCC1(CC)CN(CCS(=O)(=O)CC)C(C)(C)CN1. The molecule has 1 N–H and O–H groups in total. The fourth-order valence-electron chi connectivity index (χ4n) is 2.65. The molecule has 1 heterocycles. The Balaban J connectivity index is 2.77. The molecule has 114 valence electrons. The third-order valence-electron chi connectivity index (χ3n) is 4.71. The summed E-state index contributed by atoms with van der Waals surface area (Å²) in [5.41, 5.74) is 0.169. The standard InChI is InChI=1S/C14H30N2O2S/c1-6-14(7-2)12-16(13(4,5)11-15-14)9-10-19(17,18)8-3/h15H,6-12H2,1-5H3. The molecule has 0 bridgehead atoms. The van der Waals surface area contributed by atoms with E-state index in [9.17, 15) is 8.42 Å². The first-order chi connectivity index (χ1) is 8.70. The highest BCUT2D eigenvalue weighted by Gasteiger charge is 2.40. The van der Waals surface area contributed by atoms with Crippen LogP contribution in [0.3, 0.4) is 0 Å². The number of nitrogens with zero attached hydrogens (tertiary/aromatic N) is 1. The van der Waals surface area contributed by atoms with E-state index in [0.717, 1.165) is 25.9 Å².